The molecule has 0 saturated carbocycles. The van der Waals surface area contributed by atoms with Gasteiger partial charge in [-0.05, 0) is 81.2 Å². The number of carboxylic acid groups (broad SMARTS) is 1. The number of anilines is 1. The van der Waals surface area contributed by atoms with Crippen LogP contribution in [0.1, 0.15) is 96.3 Å². The van der Waals surface area contributed by atoms with Gasteiger partial charge < -0.3 is 20.8 Å². The fourth-order valence-electron chi connectivity index (χ4n) is 4.27. The molecule has 232 valence electrons. The summed E-state index contributed by atoms with van der Waals surface area (Å²) in [7, 11) is 0. The maximum absolute atomic E-state index is 13.6. The number of aromatic hydroxyl groups is 1. The summed E-state index contributed by atoms with van der Waals surface area (Å²) >= 11 is 1.62. The summed E-state index contributed by atoms with van der Waals surface area (Å²) in [6.07, 6.45) is 23.7. The number of hydrogen-bond acceptors (Lipinski definition) is 5. The van der Waals surface area contributed by atoms with Crippen LogP contribution >= 0.6 is 11.8 Å². The van der Waals surface area contributed by atoms with E-state index in [9.17, 15) is 24.6 Å². The summed E-state index contributed by atoms with van der Waals surface area (Å²) in [6.45, 7) is 10.1. The summed E-state index contributed by atoms with van der Waals surface area (Å²) in [6, 6.07) is 3.07. The summed E-state index contributed by atoms with van der Waals surface area (Å²) in [5.41, 5.74) is -0.0689. The zero-order chi connectivity index (χ0) is 31.4. The van der Waals surface area contributed by atoms with E-state index in [1.165, 1.54) is 18.2 Å². The largest absolute Gasteiger partial charge is 0.507 e. The predicted octanol–water partition coefficient (Wildman–Crippen LogP) is 8.05. The Morgan fingerprint density at radius 2 is 1.48 bits per heavy atom. The number of phenols is 1. The average molecular weight is 599 g/mol. The first-order valence-corrected chi connectivity index (χ1v) is 16.0. The van der Waals surface area contributed by atoms with Crippen molar-refractivity contribution < 1.29 is 24.6 Å². The predicted molar refractivity (Wildman–Crippen MR) is 176 cm³/mol. The summed E-state index contributed by atoms with van der Waals surface area (Å²) < 4.78 is -0.656. The molecular formula is C34H50N2O5S. The van der Waals surface area contributed by atoms with E-state index in [1.807, 2.05) is 27.7 Å². The highest BCUT2D eigenvalue weighted by atomic mass is 32.2. The number of carbonyl (C=O) groups excluding carboxylic acids is 2. The van der Waals surface area contributed by atoms with Crippen LogP contribution in [0.15, 0.2) is 66.8 Å². The van der Waals surface area contributed by atoms with Gasteiger partial charge in [0.15, 0.2) is 0 Å². The van der Waals surface area contributed by atoms with Gasteiger partial charge in [0, 0.05) is 5.69 Å². The van der Waals surface area contributed by atoms with E-state index < -0.39 is 22.7 Å². The van der Waals surface area contributed by atoms with Crippen molar-refractivity contribution in [1.82, 2.24) is 5.32 Å². The Kier molecular flexibility index (Phi) is 18.0. The Labute approximate surface area is 256 Å². The SMILES string of the molecule is CC/C=C\C/C=C\C/C=C\C/C=C\CCSC(CC)(CC)C(=O)NC(CC(C)C)C(=O)Nc1ccc(O)c(C(=O)O)c1. The van der Waals surface area contributed by atoms with Crippen molar-refractivity contribution in [1.29, 1.82) is 0 Å². The maximum Gasteiger partial charge on any atom is 0.339 e. The minimum atomic E-state index is -1.30. The number of amides is 2. The molecule has 0 heterocycles. The van der Waals surface area contributed by atoms with Crippen LogP contribution in [0.25, 0.3) is 0 Å². The van der Waals surface area contributed by atoms with Crippen molar-refractivity contribution >= 4 is 35.2 Å². The number of carboxylic acids is 1. The third-order valence-corrected chi connectivity index (χ3v) is 8.52. The number of rotatable bonds is 20. The Morgan fingerprint density at radius 1 is 0.905 bits per heavy atom. The molecule has 2 amide bonds. The smallest absolute Gasteiger partial charge is 0.339 e. The van der Waals surface area contributed by atoms with Crippen molar-refractivity contribution in [2.24, 2.45) is 5.92 Å². The van der Waals surface area contributed by atoms with Crippen LogP contribution in [0.2, 0.25) is 0 Å². The van der Waals surface area contributed by atoms with E-state index >= 15 is 0 Å². The maximum atomic E-state index is 13.6. The molecule has 42 heavy (non-hydrogen) atoms. The van der Waals surface area contributed by atoms with Gasteiger partial charge in [0.25, 0.3) is 0 Å². The number of benzene rings is 1. The molecule has 1 atom stereocenters. The third-order valence-electron chi connectivity index (χ3n) is 6.76. The molecule has 0 fully saturated rings. The fourth-order valence-corrected chi connectivity index (χ4v) is 5.51. The van der Waals surface area contributed by atoms with Crippen LogP contribution in [0.5, 0.6) is 5.75 Å². The summed E-state index contributed by atoms with van der Waals surface area (Å²) in [4.78, 5) is 38.1. The minimum absolute atomic E-state index is 0.138. The zero-order valence-corrected chi connectivity index (χ0v) is 26.7. The second kappa shape index (κ2) is 20.6. The average Bonchev–Trinajstić information content (AvgIpc) is 2.95. The molecule has 1 aromatic carbocycles. The van der Waals surface area contributed by atoms with E-state index in [4.69, 9.17) is 0 Å². The molecule has 0 aromatic heterocycles. The van der Waals surface area contributed by atoms with Gasteiger partial charge >= 0.3 is 5.97 Å². The standard InChI is InChI=1S/C34H50N2O5S/c1-6-9-10-11-12-13-14-15-16-17-18-19-20-23-42-34(7-2,8-3)33(41)36-29(24-26(4)5)31(38)35-27-21-22-30(37)28(25-27)32(39)40/h9-10,12-13,15-16,18-19,21-22,25-26,29,37H,6-8,11,14,17,20,23-24H2,1-5H3,(H,35,38)(H,36,41)(H,39,40)/b10-9-,13-12-,16-15-,19-18-. The number of nitrogens with one attached hydrogen (secondary N) is 2. The quantitative estimate of drug-likeness (QED) is 0.0686. The first-order valence-electron chi connectivity index (χ1n) is 15.0. The molecule has 7 nitrogen and oxygen atoms in total. The highest BCUT2D eigenvalue weighted by Crippen LogP contribution is 2.34. The molecule has 0 aliphatic rings. The van der Waals surface area contributed by atoms with Crippen molar-refractivity contribution in [2.75, 3.05) is 11.1 Å². The molecule has 1 unspecified atom stereocenters. The molecule has 0 spiro atoms. The lowest BCUT2D eigenvalue weighted by molar-refractivity contribution is -0.128. The van der Waals surface area contributed by atoms with Gasteiger partial charge in [0.2, 0.25) is 11.8 Å². The molecule has 1 rings (SSSR count). The van der Waals surface area contributed by atoms with Gasteiger partial charge in [-0.3, -0.25) is 9.59 Å². The lowest BCUT2D eigenvalue weighted by Crippen LogP contribution is -2.52. The van der Waals surface area contributed by atoms with Gasteiger partial charge in [0.05, 0.1) is 4.75 Å². The Morgan fingerprint density at radius 3 is 2.00 bits per heavy atom. The van der Waals surface area contributed by atoms with E-state index in [0.29, 0.717) is 19.3 Å². The first-order chi connectivity index (χ1) is 20.1. The molecule has 0 bridgehead atoms. The Bertz CT molecular complexity index is 1100. The van der Waals surface area contributed by atoms with Crippen LogP contribution in [-0.4, -0.2) is 44.5 Å². The monoisotopic (exact) mass is 598 g/mol. The number of allylic oxidation sites excluding steroid dienone is 8. The van der Waals surface area contributed by atoms with Crippen molar-refractivity contribution in [3.8, 4) is 5.75 Å². The van der Waals surface area contributed by atoms with Gasteiger partial charge in [-0.25, -0.2) is 4.79 Å². The van der Waals surface area contributed by atoms with Crippen molar-refractivity contribution in [3.05, 3.63) is 72.4 Å². The van der Waals surface area contributed by atoms with Crippen LogP contribution in [0, 0.1) is 5.92 Å². The van der Waals surface area contributed by atoms with E-state index in [0.717, 1.165) is 37.9 Å². The molecular weight excluding hydrogens is 548 g/mol. The first kappa shape index (κ1) is 36.8. The van der Waals surface area contributed by atoms with Gasteiger partial charge in [-0.1, -0.05) is 83.2 Å². The van der Waals surface area contributed by atoms with E-state index in [-0.39, 0.29) is 28.8 Å². The van der Waals surface area contributed by atoms with E-state index in [2.05, 4.69) is 66.2 Å². The summed E-state index contributed by atoms with van der Waals surface area (Å²) in [5.74, 6) is -1.35. The summed E-state index contributed by atoms with van der Waals surface area (Å²) in [5, 5.41) is 24.7. The van der Waals surface area contributed by atoms with E-state index in [1.54, 1.807) is 11.8 Å². The molecule has 0 saturated heterocycles. The normalized spacial score (nSPS) is 13.1. The van der Waals surface area contributed by atoms with Gasteiger partial charge in [-0.2, -0.15) is 0 Å². The highest BCUT2D eigenvalue weighted by molar-refractivity contribution is 8.01. The second-order valence-corrected chi connectivity index (χ2v) is 12.0. The number of carbonyl (C=O) groups is 3. The lowest BCUT2D eigenvalue weighted by atomic mass is 9.98. The number of thioether (sulfide) groups is 1. The van der Waals surface area contributed by atoms with Crippen molar-refractivity contribution in [3.63, 3.8) is 0 Å². The molecule has 1 aromatic rings. The van der Waals surface area contributed by atoms with Gasteiger partial charge in [-0.15, -0.1) is 11.8 Å². The minimum Gasteiger partial charge on any atom is -0.507 e. The van der Waals surface area contributed by atoms with Crippen LogP contribution in [0.3, 0.4) is 0 Å². The van der Waals surface area contributed by atoms with Gasteiger partial charge in [0.1, 0.15) is 17.4 Å². The van der Waals surface area contributed by atoms with Crippen LogP contribution in [0.4, 0.5) is 5.69 Å². The molecule has 4 N–H and O–H groups in total. The van der Waals surface area contributed by atoms with Crippen LogP contribution < -0.4 is 10.6 Å². The fraction of sp³-hybridized carbons (Fsp3) is 0.500. The Hall–Kier alpha value is -3.26. The number of aromatic carboxylic acids is 1. The molecule has 8 heteroatoms. The highest BCUT2D eigenvalue weighted by Gasteiger charge is 2.37. The molecule has 0 aliphatic carbocycles. The third kappa shape index (κ3) is 13.6. The zero-order valence-electron chi connectivity index (χ0n) is 25.9. The topological polar surface area (TPSA) is 116 Å². The molecule has 0 aliphatic heterocycles. The molecule has 0 radical (unpaired) electrons. The van der Waals surface area contributed by atoms with Crippen LogP contribution in [-0.2, 0) is 9.59 Å². The lowest BCUT2D eigenvalue weighted by Gasteiger charge is -2.32. The number of hydrogen-bond donors (Lipinski definition) is 4. The second-order valence-electron chi connectivity index (χ2n) is 10.5. The Balaban J connectivity index is 2.71. The van der Waals surface area contributed by atoms with Crippen molar-refractivity contribution in [2.45, 2.75) is 96.8 Å².